The Labute approximate surface area is 188 Å². The first-order valence-corrected chi connectivity index (χ1v) is 8.99. The van der Waals surface area contributed by atoms with E-state index in [0.29, 0.717) is 31.2 Å². The lowest BCUT2D eigenvalue weighted by atomic mass is 10.2. The fraction of sp³-hybridized carbons (Fsp3) is 0.400. The van der Waals surface area contributed by atoms with Gasteiger partial charge in [-0.25, -0.2) is 4.99 Å². The second-order valence-electron chi connectivity index (χ2n) is 6.24. The molecule has 1 aromatic carbocycles. The summed E-state index contributed by atoms with van der Waals surface area (Å²) in [5, 5.41) is 6.29. The number of methoxy groups -OCH3 is 2. The highest BCUT2D eigenvalue weighted by atomic mass is 127. The molecule has 0 saturated carbocycles. The zero-order valence-corrected chi connectivity index (χ0v) is 19.6. The normalized spacial score (nSPS) is 10.7. The Balaban J connectivity index is 0.00000420. The van der Waals surface area contributed by atoms with E-state index in [9.17, 15) is 4.79 Å². The maximum Gasteiger partial charge on any atom is 0.241 e. The molecule has 0 saturated heterocycles. The van der Waals surface area contributed by atoms with Crippen molar-refractivity contribution in [3.8, 4) is 11.5 Å². The van der Waals surface area contributed by atoms with Gasteiger partial charge in [-0.3, -0.25) is 4.79 Å². The molecule has 8 nitrogen and oxygen atoms in total. The van der Waals surface area contributed by atoms with Crippen molar-refractivity contribution >= 4 is 35.8 Å². The van der Waals surface area contributed by atoms with Crippen LogP contribution in [-0.4, -0.2) is 58.2 Å². The van der Waals surface area contributed by atoms with Gasteiger partial charge < -0.3 is 29.4 Å². The van der Waals surface area contributed by atoms with Gasteiger partial charge in [0.25, 0.3) is 0 Å². The summed E-state index contributed by atoms with van der Waals surface area (Å²) >= 11 is 0. The lowest BCUT2D eigenvalue weighted by Gasteiger charge is -2.15. The molecule has 0 aliphatic carbocycles. The first-order chi connectivity index (χ1) is 13.5. The lowest BCUT2D eigenvalue weighted by molar-refractivity contribution is -0.127. The number of likely N-dealkylation sites (N-methyl/N-ethyl adjacent to an activating group) is 1. The zero-order chi connectivity index (χ0) is 20.4. The van der Waals surface area contributed by atoms with E-state index in [2.05, 4.69) is 15.6 Å². The molecule has 1 amide bonds. The van der Waals surface area contributed by atoms with Crippen molar-refractivity contribution < 1.29 is 18.7 Å². The van der Waals surface area contributed by atoms with E-state index < -0.39 is 0 Å². The molecule has 0 spiro atoms. The van der Waals surface area contributed by atoms with Crippen molar-refractivity contribution in [2.24, 2.45) is 4.99 Å². The minimum atomic E-state index is -0.0393. The maximum atomic E-state index is 11.9. The second-order valence-corrected chi connectivity index (χ2v) is 6.24. The standard InChI is InChI=1S/C20H28N4O4.HI/c1-24(2)19(25)14-23-20(21-10-9-16-6-5-11-28-16)22-13-15-7-8-17(26-3)12-18(15)27-4;/h5-8,11-12H,9-10,13-14H2,1-4H3,(H2,21,22,23);1H. The van der Waals surface area contributed by atoms with Crippen LogP contribution in [0.15, 0.2) is 46.0 Å². The number of ether oxygens (including phenoxy) is 2. The van der Waals surface area contributed by atoms with Crippen LogP contribution in [0.1, 0.15) is 11.3 Å². The number of aliphatic imine (C=N–C) groups is 1. The summed E-state index contributed by atoms with van der Waals surface area (Å²) in [6, 6.07) is 9.36. The van der Waals surface area contributed by atoms with E-state index in [4.69, 9.17) is 13.9 Å². The van der Waals surface area contributed by atoms with E-state index in [-0.39, 0.29) is 36.4 Å². The SMILES string of the molecule is COc1ccc(CN=C(NCCc2ccco2)NCC(=O)N(C)C)c(OC)c1.I. The largest absolute Gasteiger partial charge is 0.497 e. The predicted molar refractivity (Wildman–Crippen MR) is 123 cm³/mol. The number of benzene rings is 1. The molecule has 0 aliphatic heterocycles. The monoisotopic (exact) mass is 516 g/mol. The minimum absolute atomic E-state index is 0. The van der Waals surface area contributed by atoms with Gasteiger partial charge in [-0.05, 0) is 24.3 Å². The Hall–Kier alpha value is -2.43. The van der Waals surface area contributed by atoms with Crippen molar-refractivity contribution in [1.82, 2.24) is 15.5 Å². The quantitative estimate of drug-likeness (QED) is 0.302. The third-order valence-corrected chi connectivity index (χ3v) is 4.05. The summed E-state index contributed by atoms with van der Waals surface area (Å²) in [5.74, 6) is 2.80. The van der Waals surface area contributed by atoms with Gasteiger partial charge in [-0.2, -0.15) is 0 Å². The van der Waals surface area contributed by atoms with E-state index in [0.717, 1.165) is 17.1 Å². The predicted octanol–water partition coefficient (Wildman–Crippen LogP) is 2.28. The molecule has 1 heterocycles. The number of hydrogen-bond acceptors (Lipinski definition) is 5. The van der Waals surface area contributed by atoms with Crippen molar-refractivity contribution in [1.29, 1.82) is 0 Å². The van der Waals surface area contributed by atoms with Crippen molar-refractivity contribution in [3.63, 3.8) is 0 Å². The third-order valence-electron chi connectivity index (χ3n) is 4.05. The molecule has 1 aromatic heterocycles. The number of guanidine groups is 1. The van der Waals surface area contributed by atoms with Gasteiger partial charge in [-0.1, -0.05) is 0 Å². The Morgan fingerprint density at radius 3 is 2.59 bits per heavy atom. The van der Waals surface area contributed by atoms with Crippen LogP contribution in [0.2, 0.25) is 0 Å². The highest BCUT2D eigenvalue weighted by molar-refractivity contribution is 14.0. The van der Waals surface area contributed by atoms with Crippen LogP contribution in [-0.2, 0) is 17.8 Å². The number of carbonyl (C=O) groups is 1. The first kappa shape index (κ1) is 24.6. The molecule has 9 heteroatoms. The maximum absolute atomic E-state index is 11.9. The van der Waals surface area contributed by atoms with Crippen LogP contribution in [0.3, 0.4) is 0 Å². The molecular formula is C20H29IN4O4. The molecule has 0 radical (unpaired) electrons. The lowest BCUT2D eigenvalue weighted by Crippen LogP contribution is -2.43. The smallest absolute Gasteiger partial charge is 0.241 e. The molecule has 160 valence electrons. The molecule has 0 unspecified atom stereocenters. The van der Waals surface area contributed by atoms with Gasteiger partial charge in [0.05, 0.1) is 33.6 Å². The van der Waals surface area contributed by atoms with Gasteiger partial charge in [0.1, 0.15) is 17.3 Å². The van der Waals surface area contributed by atoms with Crippen LogP contribution in [0, 0.1) is 0 Å². The molecule has 2 rings (SSSR count). The molecule has 0 aliphatic rings. The summed E-state index contributed by atoms with van der Waals surface area (Å²) in [7, 11) is 6.65. The Morgan fingerprint density at radius 2 is 1.97 bits per heavy atom. The van der Waals surface area contributed by atoms with E-state index >= 15 is 0 Å². The Bertz CT molecular complexity index is 779. The summed E-state index contributed by atoms with van der Waals surface area (Å²) < 4.78 is 16.0. The highest BCUT2D eigenvalue weighted by Gasteiger charge is 2.08. The minimum Gasteiger partial charge on any atom is -0.497 e. The number of nitrogens with zero attached hydrogens (tertiary/aromatic N) is 2. The number of hydrogen-bond donors (Lipinski definition) is 2. The van der Waals surface area contributed by atoms with Crippen LogP contribution < -0.4 is 20.1 Å². The van der Waals surface area contributed by atoms with Crippen molar-refractivity contribution in [2.75, 3.05) is 41.4 Å². The molecule has 0 atom stereocenters. The average Bonchev–Trinajstić information content (AvgIpc) is 3.22. The number of carbonyl (C=O) groups excluding carboxylic acids is 1. The summed E-state index contributed by atoms with van der Waals surface area (Å²) in [4.78, 5) is 18.0. The van der Waals surface area contributed by atoms with Gasteiger partial charge in [0.2, 0.25) is 5.91 Å². The number of amides is 1. The van der Waals surface area contributed by atoms with Crippen LogP contribution in [0.5, 0.6) is 11.5 Å². The molecule has 2 aromatic rings. The molecule has 0 bridgehead atoms. The second kappa shape index (κ2) is 12.9. The fourth-order valence-corrected chi connectivity index (χ4v) is 2.40. The molecule has 29 heavy (non-hydrogen) atoms. The van der Waals surface area contributed by atoms with Crippen LogP contribution in [0.25, 0.3) is 0 Å². The average molecular weight is 516 g/mol. The Kier molecular flexibility index (Phi) is 11.0. The fourth-order valence-electron chi connectivity index (χ4n) is 2.40. The summed E-state index contributed by atoms with van der Waals surface area (Å²) in [6.45, 7) is 1.16. The van der Waals surface area contributed by atoms with E-state index in [1.807, 2.05) is 30.3 Å². The van der Waals surface area contributed by atoms with Crippen LogP contribution >= 0.6 is 24.0 Å². The van der Waals surface area contributed by atoms with Crippen LogP contribution in [0.4, 0.5) is 0 Å². The Morgan fingerprint density at radius 1 is 1.17 bits per heavy atom. The first-order valence-electron chi connectivity index (χ1n) is 8.99. The highest BCUT2D eigenvalue weighted by Crippen LogP contribution is 2.25. The molecular weight excluding hydrogens is 487 g/mol. The van der Waals surface area contributed by atoms with Gasteiger partial charge in [0, 0.05) is 38.7 Å². The van der Waals surface area contributed by atoms with E-state index in [1.165, 1.54) is 4.90 Å². The number of rotatable bonds is 9. The summed E-state index contributed by atoms with van der Waals surface area (Å²) in [5.41, 5.74) is 0.911. The molecule has 2 N–H and O–H groups in total. The van der Waals surface area contributed by atoms with Crippen molar-refractivity contribution in [2.45, 2.75) is 13.0 Å². The van der Waals surface area contributed by atoms with Gasteiger partial charge >= 0.3 is 0 Å². The third kappa shape index (κ3) is 8.22. The van der Waals surface area contributed by atoms with Crippen molar-refractivity contribution in [3.05, 3.63) is 47.9 Å². The topological polar surface area (TPSA) is 88.3 Å². The van der Waals surface area contributed by atoms with E-state index in [1.54, 1.807) is 34.6 Å². The van der Waals surface area contributed by atoms with Gasteiger partial charge in [-0.15, -0.1) is 24.0 Å². The number of halogens is 1. The zero-order valence-electron chi connectivity index (χ0n) is 17.2. The number of nitrogens with one attached hydrogen (secondary N) is 2. The molecule has 0 fully saturated rings. The van der Waals surface area contributed by atoms with Gasteiger partial charge in [0.15, 0.2) is 5.96 Å². The summed E-state index contributed by atoms with van der Waals surface area (Å²) in [6.07, 6.45) is 2.36. The number of furan rings is 1.